The molecule has 0 amide bonds. The van der Waals surface area contributed by atoms with Gasteiger partial charge in [-0.15, -0.1) is 0 Å². The van der Waals surface area contributed by atoms with Crippen molar-refractivity contribution in [3.05, 3.63) is 35.5 Å². The molecule has 1 aliphatic carbocycles. The van der Waals surface area contributed by atoms with Gasteiger partial charge >= 0.3 is 0 Å². The summed E-state index contributed by atoms with van der Waals surface area (Å²) in [7, 11) is -3.09. The molecule has 0 radical (unpaired) electrons. The highest BCUT2D eigenvalue weighted by atomic mass is 35.5. The Morgan fingerprint density at radius 2 is 2.17 bits per heavy atom. The fraction of sp³-hybridized carbons (Fsp3) is 0.450. The van der Waals surface area contributed by atoms with Crippen molar-refractivity contribution in [2.75, 3.05) is 17.3 Å². The van der Waals surface area contributed by atoms with Gasteiger partial charge in [0.25, 0.3) is 0 Å². The molecule has 0 bridgehead atoms. The molecular formula is C20H23ClFN5O2S. The Balaban J connectivity index is 1.60. The van der Waals surface area contributed by atoms with E-state index in [1.54, 1.807) is 18.5 Å². The molecule has 10 heteroatoms. The molecule has 1 aliphatic rings. The Kier molecular flexibility index (Phi) is 5.44. The molecule has 30 heavy (non-hydrogen) atoms. The van der Waals surface area contributed by atoms with E-state index in [1.807, 2.05) is 6.92 Å². The molecule has 160 valence electrons. The smallest absolute Gasteiger partial charge is 0.183 e. The summed E-state index contributed by atoms with van der Waals surface area (Å²) < 4.78 is 38.1. The van der Waals surface area contributed by atoms with Crippen molar-refractivity contribution < 1.29 is 12.8 Å². The van der Waals surface area contributed by atoms with Gasteiger partial charge in [0.2, 0.25) is 0 Å². The Bertz CT molecular complexity index is 1200. The van der Waals surface area contributed by atoms with Crippen LogP contribution >= 0.6 is 11.6 Å². The molecule has 0 saturated heterocycles. The third kappa shape index (κ3) is 4.57. The quantitative estimate of drug-likeness (QED) is 0.602. The Morgan fingerprint density at radius 3 is 2.93 bits per heavy atom. The highest BCUT2D eigenvalue weighted by molar-refractivity contribution is 7.90. The van der Waals surface area contributed by atoms with E-state index < -0.39 is 15.7 Å². The highest BCUT2D eigenvalue weighted by Crippen LogP contribution is 2.38. The first kappa shape index (κ1) is 21.0. The number of hydrogen-bond donors (Lipinski definition) is 2. The molecule has 0 unspecified atom stereocenters. The number of fused-ring (bicyclic) bond motifs is 1. The fourth-order valence-corrected chi connectivity index (χ4v) is 6.10. The molecule has 3 aromatic rings. The van der Waals surface area contributed by atoms with Crippen molar-refractivity contribution in [2.45, 2.75) is 38.6 Å². The second kappa shape index (κ2) is 7.77. The van der Waals surface area contributed by atoms with Crippen LogP contribution in [0.25, 0.3) is 22.4 Å². The molecule has 0 aliphatic heterocycles. The van der Waals surface area contributed by atoms with Crippen molar-refractivity contribution >= 4 is 38.3 Å². The number of pyridine rings is 1. The molecule has 4 rings (SSSR count). The Morgan fingerprint density at radius 1 is 1.37 bits per heavy atom. The van der Waals surface area contributed by atoms with Crippen molar-refractivity contribution in [3.63, 3.8) is 0 Å². The van der Waals surface area contributed by atoms with E-state index in [9.17, 15) is 12.8 Å². The lowest BCUT2D eigenvalue weighted by Crippen LogP contribution is -2.38. The van der Waals surface area contributed by atoms with Gasteiger partial charge in [0.1, 0.15) is 15.5 Å². The number of sulfone groups is 1. The molecule has 1 saturated carbocycles. The minimum absolute atomic E-state index is 0.0677. The lowest BCUT2D eigenvalue weighted by molar-refractivity contribution is 0.232. The maximum absolute atomic E-state index is 14.5. The van der Waals surface area contributed by atoms with Crippen LogP contribution in [0.2, 0.25) is 5.02 Å². The zero-order valence-electron chi connectivity index (χ0n) is 16.7. The van der Waals surface area contributed by atoms with Crippen LogP contribution in [-0.2, 0) is 9.84 Å². The van der Waals surface area contributed by atoms with E-state index in [1.165, 1.54) is 6.26 Å². The number of halogens is 2. The number of aromatic nitrogens is 4. The first-order valence-electron chi connectivity index (χ1n) is 9.72. The van der Waals surface area contributed by atoms with Gasteiger partial charge in [-0.25, -0.2) is 27.8 Å². The summed E-state index contributed by atoms with van der Waals surface area (Å²) in [6.07, 6.45) is 8.81. The zero-order valence-corrected chi connectivity index (χ0v) is 18.3. The summed E-state index contributed by atoms with van der Waals surface area (Å²) in [4.78, 5) is 15.8. The SMILES string of the molecule is C[C@]1(CS(C)(=O)=O)CCC[C@H](Nc2nc(-c3c[nH]c4ncc(Cl)cc34)ncc2F)C1. The minimum Gasteiger partial charge on any atom is -0.365 e. The van der Waals surface area contributed by atoms with Gasteiger partial charge in [-0.05, 0) is 30.7 Å². The van der Waals surface area contributed by atoms with Crippen molar-refractivity contribution in [1.29, 1.82) is 0 Å². The van der Waals surface area contributed by atoms with Crippen LogP contribution in [0.15, 0.2) is 24.7 Å². The van der Waals surface area contributed by atoms with Crippen molar-refractivity contribution in [2.24, 2.45) is 5.41 Å². The number of aromatic amines is 1. The molecular weight excluding hydrogens is 429 g/mol. The largest absolute Gasteiger partial charge is 0.365 e. The zero-order chi connectivity index (χ0) is 21.5. The van der Waals surface area contributed by atoms with Gasteiger partial charge in [-0.2, -0.15) is 0 Å². The van der Waals surface area contributed by atoms with E-state index in [0.717, 1.165) is 30.8 Å². The van der Waals surface area contributed by atoms with Gasteiger partial charge in [-0.1, -0.05) is 24.9 Å². The molecule has 1 fully saturated rings. The maximum atomic E-state index is 14.5. The second-order valence-corrected chi connectivity index (χ2v) is 11.0. The van der Waals surface area contributed by atoms with E-state index >= 15 is 0 Å². The van der Waals surface area contributed by atoms with E-state index in [2.05, 4.69) is 25.3 Å². The summed E-state index contributed by atoms with van der Waals surface area (Å²) >= 11 is 6.06. The predicted molar refractivity (Wildman–Crippen MR) is 116 cm³/mol. The molecule has 2 atom stereocenters. The van der Waals surface area contributed by atoms with Crippen LogP contribution in [0.5, 0.6) is 0 Å². The van der Waals surface area contributed by atoms with Crippen LogP contribution in [0.1, 0.15) is 32.6 Å². The predicted octanol–water partition coefficient (Wildman–Crippen LogP) is 4.22. The summed E-state index contributed by atoms with van der Waals surface area (Å²) in [6, 6.07) is 1.69. The van der Waals surface area contributed by atoms with Crippen LogP contribution in [0.3, 0.4) is 0 Å². The van der Waals surface area contributed by atoms with Gasteiger partial charge in [0.05, 0.1) is 17.0 Å². The van der Waals surface area contributed by atoms with Gasteiger partial charge in [-0.3, -0.25) is 0 Å². The fourth-order valence-electron chi connectivity index (χ4n) is 4.42. The lowest BCUT2D eigenvalue weighted by atomic mass is 9.75. The third-order valence-corrected chi connectivity index (χ3v) is 6.93. The third-order valence-electron chi connectivity index (χ3n) is 5.51. The van der Waals surface area contributed by atoms with Gasteiger partial charge < -0.3 is 10.3 Å². The van der Waals surface area contributed by atoms with Crippen LogP contribution in [0.4, 0.5) is 10.2 Å². The number of nitrogens with one attached hydrogen (secondary N) is 2. The molecule has 3 aromatic heterocycles. The number of nitrogens with zero attached hydrogens (tertiary/aromatic N) is 3. The van der Waals surface area contributed by atoms with Crippen LogP contribution in [-0.4, -0.2) is 46.4 Å². The van der Waals surface area contributed by atoms with Crippen molar-refractivity contribution in [3.8, 4) is 11.4 Å². The second-order valence-electron chi connectivity index (χ2n) is 8.46. The molecule has 3 heterocycles. The van der Waals surface area contributed by atoms with E-state index in [4.69, 9.17) is 11.6 Å². The standard InChI is InChI=1S/C20H23ClFN5O2S/c1-20(11-30(2,28)29)5-3-4-13(7-20)26-19-16(22)10-25-18(27-19)15-9-24-17-14(15)6-12(21)8-23-17/h6,8-10,13H,3-5,7,11H2,1-2H3,(H,23,24)(H,25,26,27)/t13-,20-/m0/s1. The Hall–Kier alpha value is -2.26. The van der Waals surface area contributed by atoms with Crippen LogP contribution in [0, 0.1) is 11.2 Å². The molecule has 7 nitrogen and oxygen atoms in total. The summed E-state index contributed by atoms with van der Waals surface area (Å²) in [6.45, 7) is 1.98. The number of hydrogen-bond acceptors (Lipinski definition) is 6. The Labute approximate surface area is 179 Å². The lowest BCUT2D eigenvalue weighted by Gasteiger charge is -2.38. The number of rotatable bonds is 5. The highest BCUT2D eigenvalue weighted by Gasteiger charge is 2.35. The normalized spacial score (nSPS) is 22.3. The minimum atomic E-state index is -3.09. The summed E-state index contributed by atoms with van der Waals surface area (Å²) in [5, 5.41) is 4.41. The first-order chi connectivity index (χ1) is 14.1. The monoisotopic (exact) mass is 451 g/mol. The van der Waals surface area contributed by atoms with Crippen LogP contribution < -0.4 is 5.32 Å². The van der Waals surface area contributed by atoms with Gasteiger partial charge in [0.15, 0.2) is 17.5 Å². The number of H-pyrrole nitrogens is 1. The molecule has 0 aromatic carbocycles. The average Bonchev–Trinajstić information content (AvgIpc) is 3.04. The average molecular weight is 452 g/mol. The summed E-state index contributed by atoms with van der Waals surface area (Å²) in [5.74, 6) is 0.0331. The summed E-state index contributed by atoms with van der Waals surface area (Å²) in [5.41, 5.74) is 0.976. The van der Waals surface area contributed by atoms with E-state index in [-0.39, 0.29) is 23.0 Å². The van der Waals surface area contributed by atoms with Crippen molar-refractivity contribution in [1.82, 2.24) is 19.9 Å². The number of anilines is 1. The molecule has 2 N–H and O–H groups in total. The maximum Gasteiger partial charge on any atom is 0.183 e. The molecule has 0 spiro atoms. The van der Waals surface area contributed by atoms with Gasteiger partial charge in [0, 0.05) is 35.6 Å². The topological polar surface area (TPSA) is 101 Å². The first-order valence-corrected chi connectivity index (χ1v) is 12.2. The van der Waals surface area contributed by atoms with E-state index in [0.29, 0.717) is 28.5 Å².